The third-order valence-corrected chi connectivity index (χ3v) is 12.5. The Hall–Kier alpha value is -2.89. The van der Waals surface area contributed by atoms with E-state index in [2.05, 4.69) is 81.5 Å². The summed E-state index contributed by atoms with van der Waals surface area (Å²) in [5.74, 6) is -0.866. The second-order valence-corrected chi connectivity index (χ2v) is 19.2. The largest absolute Gasteiger partial charge is 0.462 e. The first-order chi connectivity index (χ1) is 33.0. The molecule has 0 aromatic rings. The summed E-state index contributed by atoms with van der Waals surface area (Å²) >= 11 is 0. The summed E-state index contributed by atoms with van der Waals surface area (Å²) in [6, 6.07) is 0. The van der Waals surface area contributed by atoms with Gasteiger partial charge in [-0.3, -0.25) is 14.4 Å². The fraction of sp³-hybridized carbons (Fsp3) is 0.787. The van der Waals surface area contributed by atoms with E-state index in [4.69, 9.17) is 14.2 Å². The number of allylic oxidation sites excluding steroid dienone is 10. The van der Waals surface area contributed by atoms with E-state index in [1.54, 1.807) is 0 Å². The lowest BCUT2D eigenvalue weighted by atomic mass is 10.0. The van der Waals surface area contributed by atoms with Gasteiger partial charge in [-0.05, 0) is 64.2 Å². The van der Waals surface area contributed by atoms with Crippen molar-refractivity contribution in [2.75, 3.05) is 13.2 Å². The standard InChI is InChI=1S/C61H108O6/c1-4-7-10-13-16-19-21-23-25-26-27-28-29-30-31-32-33-34-35-36-37-39-40-42-45-48-51-54-60(63)66-57-58(56-65-59(62)53-50-47-44-18-15-12-9-6-3)67-61(64)55-52-49-46-43-41-38-24-22-20-17-14-11-8-5-2/h7,10,16,19,23,25,27-28,30-31,58H,4-6,8-9,11-15,17-18,20-22,24,26,29,32-57H2,1-3H3/b10-7-,19-16-,25-23-,28-27-,31-30-. The number of hydrogen-bond acceptors (Lipinski definition) is 6. The van der Waals surface area contributed by atoms with Gasteiger partial charge in [-0.25, -0.2) is 0 Å². The quantitative estimate of drug-likeness (QED) is 0.0262. The van der Waals surface area contributed by atoms with E-state index in [9.17, 15) is 14.4 Å². The van der Waals surface area contributed by atoms with Gasteiger partial charge in [-0.2, -0.15) is 0 Å². The molecule has 0 heterocycles. The lowest BCUT2D eigenvalue weighted by Crippen LogP contribution is -2.30. The minimum absolute atomic E-state index is 0.0707. The van der Waals surface area contributed by atoms with Crippen LogP contribution in [0.2, 0.25) is 0 Å². The molecular weight excluding hydrogens is 829 g/mol. The molecule has 0 saturated heterocycles. The maximum atomic E-state index is 12.8. The van der Waals surface area contributed by atoms with Crippen molar-refractivity contribution in [3.63, 3.8) is 0 Å². The molecule has 0 amide bonds. The zero-order valence-corrected chi connectivity index (χ0v) is 44.4. The Kier molecular flexibility index (Phi) is 53.3. The van der Waals surface area contributed by atoms with Gasteiger partial charge in [0, 0.05) is 19.3 Å². The van der Waals surface area contributed by atoms with Crippen molar-refractivity contribution in [1.29, 1.82) is 0 Å². The number of carbonyl (C=O) groups is 3. The smallest absolute Gasteiger partial charge is 0.306 e. The molecule has 0 aromatic carbocycles. The van der Waals surface area contributed by atoms with Gasteiger partial charge in [0.25, 0.3) is 0 Å². The summed E-state index contributed by atoms with van der Waals surface area (Å²) in [5.41, 5.74) is 0. The zero-order chi connectivity index (χ0) is 48.6. The molecule has 0 N–H and O–H groups in total. The Bertz CT molecular complexity index is 1210. The molecule has 0 aromatic heterocycles. The molecule has 1 atom stereocenters. The molecule has 0 aliphatic heterocycles. The summed E-state index contributed by atoms with van der Waals surface area (Å²) in [5, 5.41) is 0. The number of unbranched alkanes of at least 4 members (excludes halogenated alkanes) is 31. The van der Waals surface area contributed by atoms with Crippen molar-refractivity contribution in [2.45, 2.75) is 297 Å². The van der Waals surface area contributed by atoms with E-state index in [-0.39, 0.29) is 31.1 Å². The van der Waals surface area contributed by atoms with Crippen LogP contribution in [0.15, 0.2) is 60.8 Å². The third kappa shape index (κ3) is 53.9. The van der Waals surface area contributed by atoms with Crippen LogP contribution in [0.25, 0.3) is 0 Å². The van der Waals surface area contributed by atoms with Gasteiger partial charge < -0.3 is 14.2 Å². The summed E-state index contributed by atoms with van der Waals surface area (Å²) in [6.45, 7) is 6.52. The Balaban J connectivity index is 4.14. The van der Waals surface area contributed by atoms with Crippen LogP contribution in [-0.4, -0.2) is 37.2 Å². The number of ether oxygens (including phenoxy) is 3. The molecule has 0 fully saturated rings. The van der Waals surface area contributed by atoms with Crippen LogP contribution in [0.1, 0.15) is 290 Å². The minimum atomic E-state index is -0.769. The lowest BCUT2D eigenvalue weighted by Gasteiger charge is -2.18. The molecule has 0 saturated carbocycles. The summed E-state index contributed by atoms with van der Waals surface area (Å²) in [6.07, 6.45) is 69.4. The number of hydrogen-bond donors (Lipinski definition) is 0. The molecule has 6 heteroatoms. The average molecular weight is 938 g/mol. The molecule has 0 spiro atoms. The molecule has 0 bridgehead atoms. The highest BCUT2D eigenvalue weighted by molar-refractivity contribution is 5.71. The van der Waals surface area contributed by atoms with E-state index in [0.29, 0.717) is 19.3 Å². The van der Waals surface area contributed by atoms with Crippen molar-refractivity contribution < 1.29 is 28.6 Å². The van der Waals surface area contributed by atoms with Gasteiger partial charge in [-0.1, -0.05) is 268 Å². The second kappa shape index (κ2) is 55.7. The van der Waals surface area contributed by atoms with E-state index >= 15 is 0 Å². The molecule has 6 nitrogen and oxygen atoms in total. The van der Waals surface area contributed by atoms with Crippen LogP contribution in [-0.2, 0) is 28.6 Å². The number of carbonyl (C=O) groups excluding carboxylic acids is 3. The van der Waals surface area contributed by atoms with Gasteiger partial charge in [0.15, 0.2) is 6.10 Å². The Morgan fingerprint density at radius 3 is 0.910 bits per heavy atom. The van der Waals surface area contributed by atoms with Crippen molar-refractivity contribution in [3.05, 3.63) is 60.8 Å². The first-order valence-electron chi connectivity index (χ1n) is 28.8. The summed E-state index contributed by atoms with van der Waals surface area (Å²) in [7, 11) is 0. The maximum Gasteiger partial charge on any atom is 0.306 e. The number of rotatable bonds is 52. The monoisotopic (exact) mass is 937 g/mol. The van der Waals surface area contributed by atoms with E-state index in [1.165, 1.54) is 161 Å². The first-order valence-corrected chi connectivity index (χ1v) is 28.8. The zero-order valence-electron chi connectivity index (χ0n) is 44.4. The number of esters is 3. The maximum absolute atomic E-state index is 12.8. The third-order valence-electron chi connectivity index (χ3n) is 12.5. The van der Waals surface area contributed by atoms with Gasteiger partial charge in [-0.15, -0.1) is 0 Å². The molecule has 67 heavy (non-hydrogen) atoms. The predicted molar refractivity (Wildman–Crippen MR) is 288 cm³/mol. The first kappa shape index (κ1) is 64.1. The highest BCUT2D eigenvalue weighted by Crippen LogP contribution is 2.16. The van der Waals surface area contributed by atoms with Crippen LogP contribution < -0.4 is 0 Å². The highest BCUT2D eigenvalue weighted by Gasteiger charge is 2.19. The Labute approximate surface area is 415 Å². The van der Waals surface area contributed by atoms with E-state index < -0.39 is 6.10 Å². The van der Waals surface area contributed by atoms with Crippen molar-refractivity contribution in [2.24, 2.45) is 0 Å². The molecule has 0 radical (unpaired) electrons. The summed E-state index contributed by atoms with van der Waals surface area (Å²) < 4.78 is 16.8. The van der Waals surface area contributed by atoms with Gasteiger partial charge in [0.05, 0.1) is 0 Å². The van der Waals surface area contributed by atoms with Gasteiger partial charge in [0.2, 0.25) is 0 Å². The normalized spacial score (nSPS) is 12.5. The SMILES string of the molecule is CC/C=C\C/C=C\C/C=C\C/C=C\C/C=C\CCCCCCCCCCCCCC(=O)OCC(COC(=O)CCCCCCCCCC)OC(=O)CCCCCCCCCCCCCCCC. The van der Waals surface area contributed by atoms with Crippen LogP contribution >= 0.6 is 0 Å². The highest BCUT2D eigenvalue weighted by atomic mass is 16.6. The van der Waals surface area contributed by atoms with Crippen LogP contribution in [0.3, 0.4) is 0 Å². The van der Waals surface area contributed by atoms with E-state index in [1.807, 2.05) is 0 Å². The fourth-order valence-electron chi connectivity index (χ4n) is 8.24. The minimum Gasteiger partial charge on any atom is -0.462 e. The Morgan fingerprint density at radius 1 is 0.313 bits per heavy atom. The molecule has 388 valence electrons. The fourth-order valence-corrected chi connectivity index (χ4v) is 8.24. The Morgan fingerprint density at radius 2 is 0.582 bits per heavy atom. The van der Waals surface area contributed by atoms with Crippen molar-refractivity contribution in [1.82, 2.24) is 0 Å². The van der Waals surface area contributed by atoms with Crippen LogP contribution in [0, 0.1) is 0 Å². The van der Waals surface area contributed by atoms with Crippen molar-refractivity contribution in [3.8, 4) is 0 Å². The van der Waals surface area contributed by atoms with Gasteiger partial charge in [0.1, 0.15) is 13.2 Å². The molecular formula is C61H108O6. The molecule has 1 unspecified atom stereocenters. The lowest BCUT2D eigenvalue weighted by molar-refractivity contribution is -0.167. The average Bonchev–Trinajstić information content (AvgIpc) is 3.33. The predicted octanol–water partition coefficient (Wildman–Crippen LogP) is 19.2. The van der Waals surface area contributed by atoms with Crippen LogP contribution in [0.4, 0.5) is 0 Å². The molecule has 0 aliphatic carbocycles. The van der Waals surface area contributed by atoms with Crippen molar-refractivity contribution >= 4 is 17.9 Å². The molecule has 0 aliphatic rings. The molecule has 0 rings (SSSR count). The topological polar surface area (TPSA) is 78.9 Å². The van der Waals surface area contributed by atoms with Gasteiger partial charge >= 0.3 is 17.9 Å². The summed E-state index contributed by atoms with van der Waals surface area (Å²) in [4.78, 5) is 38.0. The van der Waals surface area contributed by atoms with Crippen LogP contribution in [0.5, 0.6) is 0 Å². The van der Waals surface area contributed by atoms with E-state index in [0.717, 1.165) is 89.9 Å². The second-order valence-electron chi connectivity index (χ2n) is 19.2.